The predicted molar refractivity (Wildman–Crippen MR) is 316 cm³/mol. The molecule has 0 saturated heterocycles. The van der Waals surface area contributed by atoms with E-state index in [1.807, 2.05) is 30.5 Å². The Morgan fingerprint density at radius 3 is 1.96 bits per heavy atom. The van der Waals surface area contributed by atoms with Crippen molar-refractivity contribution < 1.29 is 27.0 Å². The zero-order chi connectivity index (χ0) is 54.9. The summed E-state index contributed by atoms with van der Waals surface area (Å²) >= 11 is -2.44. The number of imidazole rings is 1. The average molecular weight is 1210 g/mol. The van der Waals surface area contributed by atoms with Gasteiger partial charge in [0, 0.05) is 36.9 Å². The Morgan fingerprint density at radius 2 is 1.24 bits per heavy atom. The van der Waals surface area contributed by atoms with Crippen LogP contribution < -0.4 is 4.40 Å². The molecule has 0 amide bonds. The van der Waals surface area contributed by atoms with Gasteiger partial charge in [-0.25, -0.2) is 0 Å². The van der Waals surface area contributed by atoms with E-state index >= 15 is 0 Å². The zero-order valence-electron chi connectivity index (χ0n) is 47.7. The zero-order valence-corrected chi connectivity index (χ0v) is 47.2. The average Bonchev–Trinajstić information content (AvgIpc) is 4.01. The molecule has 0 aliphatic heterocycles. The summed E-state index contributed by atoms with van der Waals surface area (Å²) in [6.07, 6.45) is 1.81. The van der Waals surface area contributed by atoms with Gasteiger partial charge in [0.25, 0.3) is 0 Å². The van der Waals surface area contributed by atoms with Gasteiger partial charge in [0.15, 0.2) is 0 Å². The van der Waals surface area contributed by atoms with Gasteiger partial charge in [0.1, 0.15) is 0 Å². The van der Waals surface area contributed by atoms with E-state index in [1.165, 1.54) is 54.5 Å². The van der Waals surface area contributed by atoms with Crippen molar-refractivity contribution in [3.63, 3.8) is 0 Å². The molecule has 10 aromatic carbocycles. The van der Waals surface area contributed by atoms with Crippen molar-refractivity contribution in [3.05, 3.63) is 248 Å². The SMILES string of the molecule is CC(C)(C)c1cccc(-c2ccccc2)c1-n1c(-c2[c-]cc3c(c2)c2c4ccccc4ccc2n3-c2ccccc2)nc2cc3ccccc3cc21.[2H]c1c([2H])c([2H])c(-c2cc(-c3[c-]cccc3)nc[c]2[Ge]([CH3])([CH3])[CH3])c([2H])c1[2H].[Ir]. The van der Waals surface area contributed by atoms with E-state index in [0.717, 1.165) is 49.3 Å². The molecule has 6 heteroatoms. The fourth-order valence-electron chi connectivity index (χ4n) is 10.5. The topological polar surface area (TPSA) is 35.6 Å². The first kappa shape index (κ1) is 43.7. The van der Waals surface area contributed by atoms with Crippen molar-refractivity contribution in [2.75, 3.05) is 0 Å². The van der Waals surface area contributed by atoms with E-state index in [2.05, 4.69) is 228 Å². The third-order valence-corrected chi connectivity index (χ3v) is 18.2. The molecular formula is C69H56GeIrN4-2. The van der Waals surface area contributed by atoms with Crippen LogP contribution in [0.25, 0.3) is 111 Å². The maximum Gasteiger partial charge on any atom is 0 e. The van der Waals surface area contributed by atoms with Gasteiger partial charge in [0.2, 0.25) is 0 Å². The van der Waals surface area contributed by atoms with Crippen molar-refractivity contribution in [2.24, 2.45) is 0 Å². The van der Waals surface area contributed by atoms with E-state index in [1.54, 1.807) is 6.07 Å². The number of rotatable bonds is 7. The Kier molecular flexibility index (Phi) is 11.8. The number of hydrogen-bond acceptors (Lipinski definition) is 2. The molecule has 0 atom stereocenters. The molecule has 0 spiro atoms. The summed E-state index contributed by atoms with van der Waals surface area (Å²) in [7, 11) is 0. The number of para-hydroxylation sites is 2. The molecule has 4 nitrogen and oxygen atoms in total. The summed E-state index contributed by atoms with van der Waals surface area (Å²) in [6.45, 7) is 6.91. The summed E-state index contributed by atoms with van der Waals surface area (Å²) in [5.41, 5.74) is 13.4. The summed E-state index contributed by atoms with van der Waals surface area (Å²) in [5.74, 6) is 7.47. The van der Waals surface area contributed by atoms with Gasteiger partial charge in [-0.1, -0.05) is 147 Å². The van der Waals surface area contributed by atoms with Crippen LogP contribution in [0.2, 0.25) is 17.3 Å². The number of pyridine rings is 1. The molecule has 75 heavy (non-hydrogen) atoms. The van der Waals surface area contributed by atoms with Crippen molar-refractivity contribution >= 4 is 72.0 Å². The van der Waals surface area contributed by atoms with Crippen LogP contribution in [-0.2, 0) is 25.5 Å². The third kappa shape index (κ3) is 9.35. The molecule has 13 rings (SSSR count). The largest absolute Gasteiger partial charge is 0 e. The van der Waals surface area contributed by atoms with Crippen LogP contribution in [0.1, 0.15) is 33.2 Å². The molecule has 367 valence electrons. The second-order valence-electron chi connectivity index (χ2n) is 20.9. The third-order valence-electron chi connectivity index (χ3n) is 14.0. The number of nitrogens with zero attached hydrogens (tertiary/aromatic N) is 4. The van der Waals surface area contributed by atoms with Gasteiger partial charge in [-0.2, -0.15) is 0 Å². The van der Waals surface area contributed by atoms with Gasteiger partial charge in [-0.3, -0.25) is 4.98 Å². The molecule has 0 N–H and O–H groups in total. The Morgan fingerprint density at radius 1 is 0.547 bits per heavy atom. The van der Waals surface area contributed by atoms with Crippen LogP contribution in [0.5, 0.6) is 0 Å². The smallest absolute Gasteiger partial charge is 0 e. The van der Waals surface area contributed by atoms with Gasteiger partial charge >= 0.3 is 142 Å². The van der Waals surface area contributed by atoms with Crippen LogP contribution >= 0.6 is 0 Å². The van der Waals surface area contributed by atoms with E-state index in [-0.39, 0.29) is 61.3 Å². The predicted octanol–water partition coefficient (Wildman–Crippen LogP) is 17.6. The Balaban J connectivity index is 0.000000204. The summed E-state index contributed by atoms with van der Waals surface area (Å²) < 4.78 is 46.4. The number of benzene rings is 10. The van der Waals surface area contributed by atoms with Crippen LogP contribution in [0.4, 0.5) is 0 Å². The number of aromatic nitrogens is 4. The van der Waals surface area contributed by atoms with Crippen LogP contribution in [0, 0.1) is 12.1 Å². The Labute approximate surface area is 463 Å². The van der Waals surface area contributed by atoms with Crippen LogP contribution in [0.3, 0.4) is 0 Å². The first-order valence-electron chi connectivity index (χ1n) is 27.7. The van der Waals surface area contributed by atoms with E-state index in [9.17, 15) is 0 Å². The monoisotopic (exact) mass is 1210 g/mol. The molecule has 3 heterocycles. The van der Waals surface area contributed by atoms with Crippen molar-refractivity contribution in [1.29, 1.82) is 0 Å². The van der Waals surface area contributed by atoms with Crippen molar-refractivity contribution in [1.82, 2.24) is 19.1 Å². The second kappa shape index (κ2) is 20.2. The van der Waals surface area contributed by atoms with E-state index < -0.39 is 13.3 Å². The first-order valence-corrected chi connectivity index (χ1v) is 32.5. The second-order valence-corrected chi connectivity index (χ2v) is 31.5. The molecular weight excluding hydrogens is 1150 g/mol. The minimum absolute atomic E-state index is 0. The minimum atomic E-state index is -2.44. The molecule has 0 bridgehead atoms. The minimum Gasteiger partial charge on any atom is 0 e. The standard InChI is InChI=1S/C49H36N3.C20H20GeN.Ir/c1-49(2,3)41-24-14-23-39(32-15-6-4-7-16-32)47(41)52-45-31-35-19-11-10-18-34(35)30-42(45)50-48(52)36-26-27-43-40(29-36)46-38-22-13-12-17-33(38)25-28-44(46)51(43)37-20-8-5-9-21-37;1-21(2,3)19-15-22-20(17-12-8-5-9-13-17)14-18(19)16-10-6-4-7-11-16;/h4-25,27-31H,1-3H3;4-12,14-15H,1-3H3;/q2*-1;/i;4D,6D,7D,10D,11D;. The maximum atomic E-state index is 8.37. The van der Waals surface area contributed by atoms with Gasteiger partial charge in [-0.05, 0) is 79.3 Å². The fourth-order valence-corrected chi connectivity index (χ4v) is 13.5. The van der Waals surface area contributed by atoms with Gasteiger partial charge in [-0.15, -0.1) is 23.8 Å². The maximum absolute atomic E-state index is 8.37. The summed E-state index contributed by atoms with van der Waals surface area (Å²) in [6, 6.07) is 73.8. The molecule has 0 aliphatic carbocycles. The Hall–Kier alpha value is -7.67. The quantitative estimate of drug-likeness (QED) is 0.118. The van der Waals surface area contributed by atoms with E-state index in [4.69, 9.17) is 11.8 Å². The van der Waals surface area contributed by atoms with Gasteiger partial charge in [0.05, 0.1) is 22.5 Å². The molecule has 0 unspecified atom stereocenters. The molecule has 3 aromatic heterocycles. The Bertz CT molecular complexity index is 4480. The molecule has 0 saturated carbocycles. The number of fused-ring (bicyclic) bond motifs is 7. The summed E-state index contributed by atoms with van der Waals surface area (Å²) in [4.78, 5) is 10.1. The fraction of sp³-hybridized carbons (Fsp3) is 0.101. The normalized spacial score (nSPS) is 12.7. The van der Waals surface area contributed by atoms with E-state index in [0.29, 0.717) is 11.3 Å². The molecule has 0 fully saturated rings. The van der Waals surface area contributed by atoms with Crippen molar-refractivity contribution in [2.45, 2.75) is 43.5 Å². The molecule has 1 radical (unpaired) electrons. The molecule has 0 aliphatic rings. The van der Waals surface area contributed by atoms with Gasteiger partial charge < -0.3 is 9.13 Å². The summed E-state index contributed by atoms with van der Waals surface area (Å²) in [5, 5.41) is 7.24. The first-order chi connectivity index (χ1) is 38.1. The molecule has 13 aromatic rings. The number of hydrogen-bond donors (Lipinski definition) is 0. The van der Waals surface area contributed by atoms with Crippen molar-refractivity contribution in [3.8, 4) is 56.3 Å². The van der Waals surface area contributed by atoms with Crippen LogP contribution in [0.15, 0.2) is 231 Å². The van der Waals surface area contributed by atoms with Crippen LogP contribution in [-0.4, -0.2) is 32.4 Å².